The molecule has 1 N–H and O–H groups in total. The number of esters is 1. The molecule has 1 heterocycles. The molecular formula is C21H22N2O4. The zero-order valence-electron chi connectivity index (χ0n) is 15.4. The summed E-state index contributed by atoms with van der Waals surface area (Å²) in [6, 6.07) is 14.8. The third-order valence-electron chi connectivity index (χ3n) is 4.57. The second-order valence-electron chi connectivity index (χ2n) is 6.67. The predicted octanol–water partition coefficient (Wildman–Crippen LogP) is 2.84. The van der Waals surface area contributed by atoms with Crippen molar-refractivity contribution in [2.45, 2.75) is 20.3 Å². The molecule has 1 atom stereocenters. The molecule has 6 heteroatoms. The lowest BCUT2D eigenvalue weighted by Gasteiger charge is -2.21. The highest BCUT2D eigenvalue weighted by Gasteiger charge is 2.37. The van der Waals surface area contributed by atoms with Crippen molar-refractivity contribution in [2.75, 3.05) is 23.4 Å². The number of hydrogen-bond acceptors (Lipinski definition) is 4. The molecule has 0 aromatic heterocycles. The Balaban J connectivity index is 1.57. The number of hydrogen-bond donors (Lipinski definition) is 1. The van der Waals surface area contributed by atoms with E-state index < -0.39 is 17.8 Å². The molecule has 1 fully saturated rings. The number of benzene rings is 2. The van der Waals surface area contributed by atoms with Crippen molar-refractivity contribution < 1.29 is 19.1 Å². The Bertz CT molecular complexity index is 843. The Morgan fingerprint density at radius 3 is 2.41 bits per heavy atom. The highest BCUT2D eigenvalue weighted by molar-refractivity contribution is 6.01. The van der Waals surface area contributed by atoms with Crippen LogP contribution in [0.25, 0.3) is 0 Å². The Hall–Kier alpha value is -3.15. The van der Waals surface area contributed by atoms with Gasteiger partial charge in [-0.1, -0.05) is 36.4 Å². The van der Waals surface area contributed by atoms with Gasteiger partial charge in [0.2, 0.25) is 5.91 Å². The average Bonchev–Trinajstić information content (AvgIpc) is 3.02. The number of nitrogens with zero attached hydrogens (tertiary/aromatic N) is 1. The molecule has 0 spiro atoms. The van der Waals surface area contributed by atoms with Crippen LogP contribution in [0.2, 0.25) is 0 Å². The summed E-state index contributed by atoms with van der Waals surface area (Å²) in [6.07, 6.45) is 0.0902. The van der Waals surface area contributed by atoms with Crippen LogP contribution in [0.1, 0.15) is 17.5 Å². The fourth-order valence-electron chi connectivity index (χ4n) is 3.29. The van der Waals surface area contributed by atoms with Gasteiger partial charge in [0.05, 0.1) is 5.92 Å². The molecule has 6 nitrogen and oxygen atoms in total. The van der Waals surface area contributed by atoms with Gasteiger partial charge in [-0.15, -0.1) is 0 Å². The third-order valence-corrected chi connectivity index (χ3v) is 4.57. The van der Waals surface area contributed by atoms with Crippen LogP contribution in [-0.4, -0.2) is 30.9 Å². The number of ether oxygens (including phenoxy) is 1. The third kappa shape index (κ3) is 4.34. The van der Waals surface area contributed by atoms with E-state index in [1.807, 2.05) is 38.1 Å². The van der Waals surface area contributed by atoms with Crippen molar-refractivity contribution in [3.05, 3.63) is 59.7 Å². The number of anilines is 2. The van der Waals surface area contributed by atoms with E-state index in [9.17, 15) is 14.4 Å². The molecule has 0 aliphatic carbocycles. The molecule has 1 saturated heterocycles. The topological polar surface area (TPSA) is 75.7 Å². The summed E-state index contributed by atoms with van der Waals surface area (Å²) in [5.74, 6) is -1.62. The number of para-hydroxylation sites is 2. The van der Waals surface area contributed by atoms with Crippen molar-refractivity contribution >= 4 is 29.2 Å². The van der Waals surface area contributed by atoms with Gasteiger partial charge in [-0.25, -0.2) is 0 Å². The van der Waals surface area contributed by atoms with Crippen LogP contribution in [0.3, 0.4) is 0 Å². The largest absolute Gasteiger partial charge is 0.455 e. The second-order valence-corrected chi connectivity index (χ2v) is 6.67. The number of rotatable bonds is 5. The van der Waals surface area contributed by atoms with E-state index in [2.05, 4.69) is 5.32 Å². The molecule has 2 amide bonds. The molecule has 140 valence electrons. The van der Waals surface area contributed by atoms with Crippen molar-refractivity contribution in [1.82, 2.24) is 0 Å². The van der Waals surface area contributed by atoms with Gasteiger partial charge in [-0.2, -0.15) is 0 Å². The SMILES string of the molecule is Cc1cccc(C)c1N1C[C@@H](C(=O)OCC(=O)Nc2ccccc2)CC1=O. The monoisotopic (exact) mass is 366 g/mol. The van der Waals surface area contributed by atoms with Crippen LogP contribution in [-0.2, 0) is 19.1 Å². The minimum Gasteiger partial charge on any atom is -0.455 e. The van der Waals surface area contributed by atoms with Gasteiger partial charge in [-0.05, 0) is 37.1 Å². The van der Waals surface area contributed by atoms with Gasteiger partial charge in [-0.3, -0.25) is 14.4 Å². The normalized spacial score (nSPS) is 16.3. The van der Waals surface area contributed by atoms with Crippen LogP contribution >= 0.6 is 0 Å². The molecule has 2 aromatic rings. The maximum atomic E-state index is 12.4. The van der Waals surface area contributed by atoms with Gasteiger partial charge in [0.25, 0.3) is 5.91 Å². The number of amides is 2. The predicted molar refractivity (Wildman–Crippen MR) is 102 cm³/mol. The summed E-state index contributed by atoms with van der Waals surface area (Å²) in [7, 11) is 0. The Morgan fingerprint density at radius 2 is 1.74 bits per heavy atom. The first kappa shape index (κ1) is 18.6. The number of aryl methyl sites for hydroxylation is 2. The molecule has 1 aliphatic heterocycles. The zero-order valence-corrected chi connectivity index (χ0v) is 15.4. The smallest absolute Gasteiger partial charge is 0.311 e. The summed E-state index contributed by atoms with van der Waals surface area (Å²) in [5, 5.41) is 2.65. The molecule has 3 rings (SSSR count). The second kappa shape index (κ2) is 8.03. The molecule has 0 bridgehead atoms. The minimum absolute atomic E-state index is 0.0902. The van der Waals surface area contributed by atoms with Crippen molar-refractivity contribution in [3.63, 3.8) is 0 Å². The van der Waals surface area contributed by atoms with E-state index in [1.165, 1.54) is 0 Å². The van der Waals surface area contributed by atoms with Crippen molar-refractivity contribution in [1.29, 1.82) is 0 Å². The summed E-state index contributed by atoms with van der Waals surface area (Å²) >= 11 is 0. The Morgan fingerprint density at radius 1 is 1.07 bits per heavy atom. The van der Waals surface area contributed by atoms with E-state index >= 15 is 0 Å². The van der Waals surface area contributed by atoms with E-state index in [4.69, 9.17) is 4.74 Å². The first-order valence-corrected chi connectivity index (χ1v) is 8.84. The first-order valence-electron chi connectivity index (χ1n) is 8.84. The lowest BCUT2D eigenvalue weighted by Crippen LogP contribution is -2.29. The van der Waals surface area contributed by atoms with Crippen molar-refractivity contribution in [2.24, 2.45) is 5.92 Å². The van der Waals surface area contributed by atoms with Crippen LogP contribution < -0.4 is 10.2 Å². The summed E-state index contributed by atoms with van der Waals surface area (Å²) in [4.78, 5) is 38.3. The van der Waals surface area contributed by atoms with Crippen LogP contribution in [0.4, 0.5) is 11.4 Å². The molecule has 27 heavy (non-hydrogen) atoms. The fourth-order valence-corrected chi connectivity index (χ4v) is 3.29. The standard InChI is InChI=1S/C21H22N2O4/c1-14-7-6-8-15(2)20(14)23-12-16(11-19(23)25)21(26)27-13-18(24)22-17-9-4-3-5-10-17/h3-10,16H,11-13H2,1-2H3,(H,22,24)/t16-/m0/s1. The van der Waals surface area contributed by atoms with Crippen LogP contribution in [0, 0.1) is 19.8 Å². The average molecular weight is 366 g/mol. The zero-order chi connectivity index (χ0) is 19.4. The maximum absolute atomic E-state index is 12.4. The minimum atomic E-state index is -0.568. The highest BCUT2D eigenvalue weighted by Crippen LogP contribution is 2.31. The number of carbonyl (C=O) groups excluding carboxylic acids is 3. The van der Waals surface area contributed by atoms with Gasteiger partial charge in [0.1, 0.15) is 0 Å². The molecule has 1 aliphatic rings. The van der Waals surface area contributed by atoms with Crippen molar-refractivity contribution in [3.8, 4) is 0 Å². The van der Waals surface area contributed by atoms with Gasteiger partial charge >= 0.3 is 5.97 Å². The van der Waals surface area contributed by atoms with E-state index in [0.29, 0.717) is 5.69 Å². The molecule has 0 saturated carbocycles. The fraction of sp³-hybridized carbons (Fsp3) is 0.286. The first-order chi connectivity index (χ1) is 13.0. The lowest BCUT2D eigenvalue weighted by atomic mass is 10.1. The van der Waals surface area contributed by atoms with Gasteiger partial charge in [0, 0.05) is 24.3 Å². The van der Waals surface area contributed by atoms with Gasteiger partial charge < -0.3 is 15.0 Å². The molecule has 0 radical (unpaired) electrons. The van der Waals surface area contributed by atoms with Crippen LogP contribution in [0.15, 0.2) is 48.5 Å². The summed E-state index contributed by atoms with van der Waals surface area (Å²) < 4.78 is 5.12. The maximum Gasteiger partial charge on any atom is 0.311 e. The Kier molecular flexibility index (Phi) is 5.54. The molecule has 2 aromatic carbocycles. The van der Waals surface area contributed by atoms with Gasteiger partial charge in [0.15, 0.2) is 6.61 Å². The quantitative estimate of drug-likeness (QED) is 0.826. The highest BCUT2D eigenvalue weighted by atomic mass is 16.5. The molecular weight excluding hydrogens is 344 g/mol. The summed E-state index contributed by atoms with van der Waals surface area (Å²) in [5.41, 5.74) is 3.45. The van der Waals surface area contributed by atoms with E-state index in [0.717, 1.165) is 16.8 Å². The van der Waals surface area contributed by atoms with Crippen LogP contribution in [0.5, 0.6) is 0 Å². The number of nitrogens with one attached hydrogen (secondary N) is 1. The van der Waals surface area contributed by atoms with E-state index in [-0.39, 0.29) is 25.5 Å². The Labute approximate surface area is 158 Å². The lowest BCUT2D eigenvalue weighted by molar-refractivity contribution is -0.151. The van der Waals surface area contributed by atoms with E-state index in [1.54, 1.807) is 29.2 Å². The summed E-state index contributed by atoms with van der Waals surface area (Å²) in [6.45, 7) is 3.77. The molecule has 0 unspecified atom stereocenters. The number of carbonyl (C=O) groups is 3.